The van der Waals surface area contributed by atoms with Gasteiger partial charge in [0.15, 0.2) is 11.9 Å². The van der Waals surface area contributed by atoms with Crippen LogP contribution >= 0.6 is 11.8 Å². The van der Waals surface area contributed by atoms with Gasteiger partial charge in [0.1, 0.15) is 90.3 Å². The maximum Gasteiger partial charge on any atom is 0.305 e. The van der Waals surface area contributed by atoms with Crippen LogP contribution in [0.5, 0.6) is 5.75 Å². The van der Waals surface area contributed by atoms with E-state index in [4.69, 9.17) is 28.3 Å². The second kappa shape index (κ2) is 53.3. The normalized spacial score (nSPS) is 24.2. The van der Waals surface area contributed by atoms with Crippen LogP contribution < -0.4 is 92.1 Å². The Labute approximate surface area is 816 Å². The number of carbonyl (C=O) groups is 18. The molecule has 0 spiro atoms. The Hall–Kier alpha value is -14.9. The Morgan fingerprint density at radius 1 is 0.532 bits per heavy atom. The van der Waals surface area contributed by atoms with Crippen LogP contribution in [0, 0.1) is 5.41 Å². The first-order chi connectivity index (χ1) is 67.3. The average Bonchev–Trinajstić information content (AvgIpc) is 1.67. The van der Waals surface area contributed by atoms with Gasteiger partial charge in [-0.15, -0.1) is 11.8 Å². The molecule has 48 nitrogen and oxygen atoms in total. The first-order valence-corrected chi connectivity index (χ1v) is 47.8. The largest absolute Gasteiger partial charge is 0.508 e. The number of H-pyrrole nitrogens is 3. The van der Waals surface area contributed by atoms with E-state index in [-0.39, 0.29) is 127 Å². The predicted octanol–water partition coefficient (Wildman–Crippen LogP) is -4.52. The minimum atomic E-state index is -2.03. The number of carbonyl (C=O) groups excluding carboxylic acids is 17. The van der Waals surface area contributed by atoms with Gasteiger partial charge in [-0.05, 0) is 99.2 Å². The van der Waals surface area contributed by atoms with Gasteiger partial charge in [0.05, 0.1) is 43.3 Å². The Morgan fingerprint density at radius 3 is 1.63 bits per heavy atom. The fourth-order valence-corrected chi connectivity index (χ4v) is 17.7. The van der Waals surface area contributed by atoms with Crippen LogP contribution in [-0.2, 0) is 112 Å². The molecule has 9 rings (SSSR count). The number of phenols is 1. The molecule has 49 heteroatoms. The number of guanidine groups is 2. The van der Waals surface area contributed by atoms with Crippen LogP contribution in [0.3, 0.4) is 0 Å². The number of thioether (sulfide) groups is 1. The van der Waals surface area contributed by atoms with Gasteiger partial charge in [-0.2, -0.15) is 0 Å². The summed E-state index contributed by atoms with van der Waals surface area (Å²) in [6, 6.07) is -3.46. The number of aromatic amines is 3. The number of aliphatic hydroxyl groups excluding tert-OH is 1. The number of imidazole rings is 1. The van der Waals surface area contributed by atoms with Crippen LogP contribution in [0.1, 0.15) is 139 Å². The van der Waals surface area contributed by atoms with E-state index in [0.29, 0.717) is 63.1 Å². The van der Waals surface area contributed by atoms with Gasteiger partial charge < -0.3 is 142 Å². The molecule has 15 atom stereocenters. The number of rotatable bonds is 29. The molecule has 3 aromatic carbocycles. The van der Waals surface area contributed by atoms with Crippen LogP contribution in [0.25, 0.3) is 21.8 Å². The van der Waals surface area contributed by atoms with E-state index < -0.39 is 247 Å². The Morgan fingerprint density at radius 2 is 1.05 bits per heavy atom. The van der Waals surface area contributed by atoms with Crippen LogP contribution in [0.4, 0.5) is 0 Å². The number of likely N-dealkylation sites (N-methyl/N-ethyl adjacent to an activating group) is 2. The third-order valence-corrected chi connectivity index (χ3v) is 25.6. The molecule has 764 valence electrons. The molecule has 6 heterocycles. The van der Waals surface area contributed by atoms with Gasteiger partial charge in [0, 0.05) is 126 Å². The summed E-state index contributed by atoms with van der Waals surface area (Å²) < 4.78 is 0. The Bertz CT molecular complexity index is 5480. The number of aliphatic imine (C=N–C) groups is 1. The Balaban J connectivity index is 1.12. The van der Waals surface area contributed by atoms with Crippen molar-refractivity contribution in [1.29, 1.82) is 5.41 Å². The quantitative estimate of drug-likeness (QED) is 0.0120. The van der Waals surface area contributed by atoms with E-state index in [2.05, 4.69) is 94.0 Å². The lowest BCUT2D eigenvalue weighted by Gasteiger charge is -2.33. The third-order valence-electron chi connectivity index (χ3n) is 24.6. The minimum absolute atomic E-state index is 0.00550. The lowest BCUT2D eigenvalue weighted by Crippen LogP contribution is -2.61. The molecule has 0 unspecified atom stereocenters. The zero-order valence-corrected chi connectivity index (χ0v) is 80.2. The third kappa shape index (κ3) is 32.1. The number of hydrogen-bond donors (Lipinski definition) is 24. The number of aromatic hydroxyl groups is 1. The van der Waals surface area contributed by atoms with Gasteiger partial charge in [0.25, 0.3) is 0 Å². The standard InChI is InChI=1S/C92H129N27O21S/c1-7-9-20-61-87(137)117(6)70(25-10-8-2)84(134)113-66(40-76(125)126)83(133)115-69(78(128)104-44-74(94)123)46-141-47-75(124)106-67(34-50-27-29-54(120)30-28-50)88(138)116(5)49(3)77(127)114-68(39-73(93)122)90(140)118-33-17-26-71(118)85(135)112-65(37-53-43-99-48-105-53)82(132)109-62(24-16-31-100-91(95)96)89(139)119-45-55(121)38-72(119)86(136)111-64(36-52-42-103-59-22-14-12-19-57(52)59)80(130)107-60(23-15-32-101-92(97)98-4)79(129)110-63(81(131)108-61)35-51-41-102-58-21-13-11-18-56(51)58/h11-14,18-19,21-22,27-30,41-43,48-49,55,60-72,102-103,120-121H,7-10,15-17,20,23-26,31-40,44-47H2,1-6H3,(H2,93,122)(H2,94,123)(H,99,105)(H,104,128)(H,106,124)(H,107,130)(H,108,131)(H,109,132)(H,110,129)(H,111,136)(H,112,135)(H,113,134)(H,114,127)(H,115,133)(H,125,126)(H4,95,96,100)(H3,97,98,101)/t49-,55+,60-,61-,62-,63-,64-,65-,66-,67-,68-,69-,70-,71-,72-/m0/s1. The highest BCUT2D eigenvalue weighted by molar-refractivity contribution is 8.00. The minimum Gasteiger partial charge on any atom is -0.508 e. The molecular formula is C92H129N27O21S. The molecule has 17 amide bonds. The fraction of sp³-hybridized carbons (Fsp3) is 0.511. The van der Waals surface area contributed by atoms with Gasteiger partial charge in [0.2, 0.25) is 100 Å². The molecule has 3 aliphatic rings. The number of aromatic nitrogens is 4. The summed E-state index contributed by atoms with van der Waals surface area (Å²) in [5, 5.41) is 75.7. The number of primary amides is 2. The van der Waals surface area contributed by atoms with E-state index in [9.17, 15) is 63.3 Å². The van der Waals surface area contributed by atoms with E-state index in [1.807, 2.05) is 6.92 Å². The number of nitrogens with zero attached hydrogens (tertiary/aromatic N) is 6. The van der Waals surface area contributed by atoms with Gasteiger partial charge >= 0.3 is 5.97 Å². The van der Waals surface area contributed by atoms with Crippen molar-refractivity contribution in [3.63, 3.8) is 0 Å². The summed E-state index contributed by atoms with van der Waals surface area (Å²) in [7, 11) is 3.87. The molecule has 0 radical (unpaired) electrons. The molecule has 0 bridgehead atoms. The number of aliphatic carboxylic acids is 1. The number of aliphatic hydroxyl groups is 1. The fourth-order valence-electron chi connectivity index (χ4n) is 16.8. The number of para-hydroxylation sites is 2. The van der Waals surface area contributed by atoms with Crippen LogP contribution in [0.15, 0.2) is 103 Å². The van der Waals surface area contributed by atoms with Crippen LogP contribution in [-0.4, -0.2) is 329 Å². The number of benzene rings is 3. The molecule has 3 aliphatic heterocycles. The number of carboxylic acids is 1. The van der Waals surface area contributed by atoms with Crippen molar-refractivity contribution in [2.45, 2.75) is 233 Å². The monoisotopic (exact) mass is 1980 g/mol. The molecule has 28 N–H and O–H groups in total. The Kier molecular flexibility index (Phi) is 41.5. The summed E-state index contributed by atoms with van der Waals surface area (Å²) in [5.41, 5.74) is 25.6. The van der Waals surface area contributed by atoms with Crippen LogP contribution in [0.2, 0.25) is 0 Å². The number of hydrogen-bond acceptors (Lipinski definition) is 24. The number of phenolic OH excluding ortho intramolecular Hbond substituents is 1. The van der Waals surface area contributed by atoms with Crippen molar-refractivity contribution >= 4 is 152 Å². The lowest BCUT2D eigenvalue weighted by atomic mass is 10.0. The highest BCUT2D eigenvalue weighted by Crippen LogP contribution is 2.28. The molecule has 3 saturated heterocycles. The summed E-state index contributed by atoms with van der Waals surface area (Å²) in [6.07, 6.45) is 1.62. The first-order valence-electron chi connectivity index (χ1n) is 46.6. The maximum absolute atomic E-state index is 15.7. The van der Waals surface area contributed by atoms with Crippen molar-refractivity contribution in [3.05, 3.63) is 120 Å². The number of unbranched alkanes of at least 4 members (excludes halogenated alkanes) is 2. The van der Waals surface area contributed by atoms with E-state index in [0.717, 1.165) is 19.6 Å². The van der Waals surface area contributed by atoms with Crippen molar-refractivity contribution in [2.24, 2.45) is 27.9 Å². The van der Waals surface area contributed by atoms with Crippen molar-refractivity contribution in [3.8, 4) is 5.75 Å². The maximum atomic E-state index is 15.7. The van der Waals surface area contributed by atoms with Gasteiger partial charge in [-0.25, -0.2) is 4.98 Å². The zero-order valence-electron chi connectivity index (χ0n) is 79.4. The molecule has 0 aliphatic carbocycles. The second-order valence-electron chi connectivity index (χ2n) is 35.0. The first kappa shape index (κ1) is 110. The molecular weight excluding hydrogens is 1850 g/mol. The number of amides is 17. The summed E-state index contributed by atoms with van der Waals surface area (Å²) >= 11 is 0.675. The van der Waals surface area contributed by atoms with Gasteiger partial charge in [-0.1, -0.05) is 88.1 Å². The number of fused-ring (bicyclic) bond motifs is 4. The molecule has 0 saturated carbocycles. The lowest BCUT2D eigenvalue weighted by molar-refractivity contribution is -0.145. The molecule has 3 fully saturated rings. The van der Waals surface area contributed by atoms with Gasteiger partial charge in [-0.3, -0.25) is 96.7 Å². The van der Waals surface area contributed by atoms with Crippen molar-refractivity contribution in [2.75, 3.05) is 65.4 Å². The number of nitrogens with two attached hydrogens (primary N) is 4. The second-order valence-corrected chi connectivity index (χ2v) is 36.1. The topological polar surface area (TPSA) is 738 Å². The van der Waals surface area contributed by atoms with E-state index >= 15 is 38.4 Å². The van der Waals surface area contributed by atoms with Crippen molar-refractivity contribution in [1.82, 2.24) is 109 Å². The summed E-state index contributed by atoms with van der Waals surface area (Å²) in [6.45, 7) is 3.36. The number of nitrogens with one attached hydrogen (secondary N) is 17. The zero-order chi connectivity index (χ0) is 103. The average molecular weight is 1980 g/mol. The SMILES string of the molecule is CCCC[C@@H]1NC(=O)[C@H](Cc2c[nH]c3ccccc23)NC(=O)[C@H](CCCN/C(N)=N/C)NC(=O)[C@H](Cc2c[nH]c3ccccc23)NC(=O)[C@@H]2C[C@@H](O)CN2C(=O)[C@H](CCCNC(=N)N)NC(=O)[C@H](Cc2c[nH]cn2)NC(=O)[C@@H]2CCCN2C(=O)[C@H](CC(N)=O)NC(=O)[C@H](C)N(C)C(=O)[C@H](Cc2ccc(O)cc2)NC(=O)CSC[C@@H](C(=O)NCC(N)=O)NC(=O)[C@H](CC(=O)O)NC(=O)[C@H](CCCC)N(C)C1=O. The predicted molar refractivity (Wildman–Crippen MR) is 516 cm³/mol. The molecule has 141 heavy (non-hydrogen) atoms. The summed E-state index contributed by atoms with van der Waals surface area (Å²) in [4.78, 5) is 285. The van der Waals surface area contributed by atoms with Crippen molar-refractivity contribution < 1.29 is 102 Å². The van der Waals surface area contributed by atoms with E-state index in [1.165, 1.54) is 64.9 Å². The highest BCUT2D eigenvalue weighted by atomic mass is 32.2. The number of carboxylic acid groups (broad SMARTS) is 1. The smallest absolute Gasteiger partial charge is 0.305 e. The molecule has 6 aromatic rings. The van der Waals surface area contributed by atoms with E-state index in [1.54, 1.807) is 67.8 Å². The highest BCUT2D eigenvalue weighted by Gasteiger charge is 2.47. The molecule has 3 aromatic heterocycles. The summed E-state index contributed by atoms with van der Waals surface area (Å²) in [5.74, 6) is -20.6.